The molecular weight excluding hydrogens is 532 g/mol. The number of aryl methyl sites for hydroxylation is 1. The van der Waals surface area contributed by atoms with Gasteiger partial charge in [0, 0.05) is 30.9 Å². The Morgan fingerprint density at radius 1 is 1.19 bits per heavy atom. The van der Waals surface area contributed by atoms with Crippen molar-refractivity contribution in [1.82, 2.24) is 15.3 Å². The molecule has 1 amide bonds. The maximum atomic E-state index is 13.3. The van der Waals surface area contributed by atoms with Gasteiger partial charge in [0.1, 0.15) is 22.0 Å². The zero-order valence-corrected chi connectivity index (χ0v) is 22.5. The lowest BCUT2D eigenvalue weighted by Gasteiger charge is -2.21. The van der Waals surface area contributed by atoms with Gasteiger partial charge in [0.2, 0.25) is 0 Å². The van der Waals surface area contributed by atoms with E-state index in [9.17, 15) is 18.0 Å². The van der Waals surface area contributed by atoms with Crippen LogP contribution >= 0.6 is 23.4 Å². The Morgan fingerprint density at radius 3 is 2.65 bits per heavy atom. The number of rotatable bonds is 10. The Morgan fingerprint density at radius 2 is 1.95 bits per heavy atom. The molecule has 2 aromatic heterocycles. The number of halogens is 1. The molecule has 192 valence electrons. The molecule has 4 rings (SSSR count). The third kappa shape index (κ3) is 5.82. The van der Waals surface area contributed by atoms with Crippen LogP contribution in [0.15, 0.2) is 71.8 Å². The fraction of sp³-hybridized carbons (Fsp3) is 0.192. The number of nitrogens with one attached hydrogen (secondary N) is 2. The topological polar surface area (TPSA) is 112 Å². The highest BCUT2D eigenvalue weighted by atomic mass is 35.5. The number of hydrogen-bond donors (Lipinski definition) is 2. The van der Waals surface area contributed by atoms with E-state index in [1.54, 1.807) is 18.2 Å². The monoisotopic (exact) mass is 556 g/mol. The SMILES string of the molecule is Cc1ccc(N(C)S(=O)(=O)c2cccnc2Cl)c2[nH]c(C(=O)NCC(C=O)SCc3ccccc3)cc12. The molecule has 2 heterocycles. The molecule has 0 bridgehead atoms. The van der Waals surface area contributed by atoms with E-state index in [1.165, 1.54) is 37.1 Å². The number of benzene rings is 2. The number of carbonyl (C=O) groups is 2. The third-order valence-corrected chi connectivity index (χ3v) is 9.28. The van der Waals surface area contributed by atoms with E-state index >= 15 is 0 Å². The van der Waals surface area contributed by atoms with Crippen molar-refractivity contribution < 1.29 is 18.0 Å². The number of amides is 1. The maximum absolute atomic E-state index is 13.3. The second-order valence-corrected chi connectivity index (χ2v) is 11.8. The molecule has 1 unspecified atom stereocenters. The lowest BCUT2D eigenvalue weighted by molar-refractivity contribution is -0.107. The van der Waals surface area contributed by atoms with Gasteiger partial charge < -0.3 is 15.1 Å². The molecule has 2 aromatic carbocycles. The number of fused-ring (bicyclic) bond motifs is 1. The molecule has 0 aliphatic heterocycles. The Kier molecular flexibility index (Phi) is 8.21. The smallest absolute Gasteiger partial charge is 0.267 e. The van der Waals surface area contributed by atoms with Gasteiger partial charge in [0.15, 0.2) is 0 Å². The van der Waals surface area contributed by atoms with Crippen molar-refractivity contribution in [3.8, 4) is 0 Å². The van der Waals surface area contributed by atoms with Crippen LogP contribution in [0.5, 0.6) is 0 Å². The number of anilines is 1. The second-order valence-electron chi connectivity index (χ2n) is 8.32. The molecule has 1 atom stereocenters. The standard InChI is InChI=1S/C26H25ClN4O4S2/c1-17-10-11-22(31(2)37(34,35)23-9-6-12-28-25(23)27)24-20(17)13-21(30-24)26(33)29-14-19(15-32)36-16-18-7-4-3-5-8-18/h3-13,15,19,30H,14,16H2,1-2H3,(H,29,33). The number of aldehydes is 1. The summed E-state index contributed by atoms with van der Waals surface area (Å²) in [6.07, 6.45) is 2.24. The average molecular weight is 557 g/mol. The predicted molar refractivity (Wildman–Crippen MR) is 148 cm³/mol. The molecule has 0 aliphatic carbocycles. The Bertz CT molecular complexity index is 1540. The summed E-state index contributed by atoms with van der Waals surface area (Å²) in [6.45, 7) is 2.03. The third-order valence-electron chi connectivity index (χ3n) is 5.86. The highest BCUT2D eigenvalue weighted by Crippen LogP contribution is 2.33. The van der Waals surface area contributed by atoms with Crippen LogP contribution in [0, 0.1) is 6.92 Å². The van der Waals surface area contributed by atoms with Crippen LogP contribution in [-0.2, 0) is 20.6 Å². The molecule has 37 heavy (non-hydrogen) atoms. The van der Waals surface area contributed by atoms with Gasteiger partial charge >= 0.3 is 0 Å². The summed E-state index contributed by atoms with van der Waals surface area (Å²) in [7, 11) is -2.60. The fourth-order valence-electron chi connectivity index (χ4n) is 3.78. The molecule has 0 saturated heterocycles. The van der Waals surface area contributed by atoms with Crippen molar-refractivity contribution in [1.29, 1.82) is 0 Å². The van der Waals surface area contributed by atoms with Crippen molar-refractivity contribution >= 4 is 62.2 Å². The van der Waals surface area contributed by atoms with Crippen LogP contribution in [0.2, 0.25) is 5.15 Å². The molecule has 0 aliphatic rings. The fourth-order valence-corrected chi connectivity index (χ4v) is 6.30. The van der Waals surface area contributed by atoms with Gasteiger partial charge in [-0.25, -0.2) is 13.4 Å². The number of aromatic nitrogens is 2. The van der Waals surface area contributed by atoms with Gasteiger partial charge in [-0.2, -0.15) is 0 Å². The van der Waals surface area contributed by atoms with Crippen LogP contribution in [0.1, 0.15) is 21.6 Å². The summed E-state index contributed by atoms with van der Waals surface area (Å²) < 4.78 is 27.7. The van der Waals surface area contributed by atoms with Crippen molar-refractivity contribution in [3.63, 3.8) is 0 Å². The molecular formula is C26H25ClN4O4S2. The molecule has 0 fully saturated rings. The number of nitrogens with zero attached hydrogens (tertiary/aromatic N) is 2. The number of pyridine rings is 1. The Labute approximate surface area is 224 Å². The minimum atomic E-state index is -4.02. The first-order chi connectivity index (χ1) is 17.7. The van der Waals surface area contributed by atoms with Gasteiger partial charge in [-0.05, 0) is 42.3 Å². The van der Waals surface area contributed by atoms with Crippen molar-refractivity contribution in [2.24, 2.45) is 0 Å². The van der Waals surface area contributed by atoms with Crippen molar-refractivity contribution in [2.75, 3.05) is 17.9 Å². The van der Waals surface area contributed by atoms with Crippen molar-refractivity contribution in [3.05, 3.63) is 88.8 Å². The van der Waals surface area contributed by atoms with Crippen LogP contribution in [0.25, 0.3) is 10.9 Å². The summed E-state index contributed by atoms with van der Waals surface area (Å²) in [5.74, 6) is 0.256. The van der Waals surface area contributed by atoms with Crippen LogP contribution in [0.3, 0.4) is 0 Å². The van der Waals surface area contributed by atoms with E-state index in [2.05, 4.69) is 15.3 Å². The second kappa shape index (κ2) is 11.4. The van der Waals surface area contributed by atoms with E-state index in [0.717, 1.165) is 21.7 Å². The molecule has 4 aromatic rings. The van der Waals surface area contributed by atoms with Gasteiger partial charge in [0.25, 0.3) is 15.9 Å². The van der Waals surface area contributed by atoms with Gasteiger partial charge in [0.05, 0.1) is 16.5 Å². The van der Waals surface area contributed by atoms with E-state index in [-0.39, 0.29) is 22.3 Å². The quantitative estimate of drug-likeness (QED) is 0.218. The Balaban J connectivity index is 1.54. The van der Waals surface area contributed by atoms with E-state index < -0.39 is 21.2 Å². The first kappa shape index (κ1) is 26.7. The summed E-state index contributed by atoms with van der Waals surface area (Å²) in [4.78, 5) is 31.3. The zero-order chi connectivity index (χ0) is 26.6. The normalized spacial score (nSPS) is 12.3. The average Bonchev–Trinajstić information content (AvgIpc) is 3.36. The number of thioether (sulfide) groups is 1. The van der Waals surface area contributed by atoms with Crippen LogP contribution in [0.4, 0.5) is 5.69 Å². The molecule has 2 N–H and O–H groups in total. The van der Waals surface area contributed by atoms with Gasteiger partial charge in [-0.3, -0.25) is 9.10 Å². The summed E-state index contributed by atoms with van der Waals surface area (Å²) in [5.41, 5.74) is 3.05. The number of sulfonamides is 1. The van der Waals surface area contributed by atoms with Crippen molar-refractivity contribution in [2.45, 2.75) is 22.8 Å². The lowest BCUT2D eigenvalue weighted by atomic mass is 10.1. The number of H-pyrrole nitrogens is 1. The summed E-state index contributed by atoms with van der Waals surface area (Å²) in [6, 6.07) is 17.8. The zero-order valence-electron chi connectivity index (χ0n) is 20.1. The number of carbonyl (C=O) groups excluding carboxylic acids is 2. The number of aromatic amines is 1. The van der Waals surface area contributed by atoms with E-state index in [4.69, 9.17) is 11.6 Å². The molecule has 0 spiro atoms. The summed E-state index contributed by atoms with van der Waals surface area (Å²) >= 11 is 7.50. The van der Waals surface area contributed by atoms with Gasteiger partial charge in [-0.1, -0.05) is 48.0 Å². The van der Waals surface area contributed by atoms with Gasteiger partial charge in [-0.15, -0.1) is 11.8 Å². The molecule has 11 heteroatoms. The first-order valence-corrected chi connectivity index (χ1v) is 14.2. The summed E-state index contributed by atoms with van der Waals surface area (Å²) in [5, 5.41) is 2.96. The molecule has 8 nitrogen and oxygen atoms in total. The Hall–Kier alpha value is -3.34. The van der Waals surface area contributed by atoms with Crippen LogP contribution < -0.4 is 9.62 Å². The first-order valence-electron chi connectivity index (χ1n) is 11.3. The number of hydrogen-bond acceptors (Lipinski definition) is 6. The predicted octanol–water partition coefficient (Wildman–Crippen LogP) is 4.58. The highest BCUT2D eigenvalue weighted by molar-refractivity contribution is 7.99. The lowest BCUT2D eigenvalue weighted by Crippen LogP contribution is -2.31. The maximum Gasteiger partial charge on any atom is 0.267 e. The largest absolute Gasteiger partial charge is 0.349 e. The minimum absolute atomic E-state index is 0.120. The van der Waals surface area contributed by atoms with Crippen LogP contribution in [-0.4, -0.2) is 49.4 Å². The van der Waals surface area contributed by atoms with E-state index in [1.807, 2.05) is 37.3 Å². The molecule has 0 radical (unpaired) electrons. The van der Waals surface area contributed by atoms with E-state index in [0.29, 0.717) is 22.3 Å². The minimum Gasteiger partial charge on any atom is -0.349 e. The highest BCUT2D eigenvalue weighted by Gasteiger charge is 2.27. The molecule has 0 saturated carbocycles.